The molecule has 6 heteroatoms. The minimum absolute atomic E-state index is 0.278. The number of hydrogen-bond donors (Lipinski definition) is 0. The van der Waals surface area contributed by atoms with Gasteiger partial charge in [0, 0.05) is 51.4 Å². The molecule has 1 aromatic heterocycles. The third-order valence-electron chi connectivity index (χ3n) is 7.32. The van der Waals surface area contributed by atoms with Crippen LogP contribution in [0, 0.1) is 0 Å². The van der Waals surface area contributed by atoms with Crippen LogP contribution in [0.5, 0.6) is 5.88 Å². The van der Waals surface area contributed by atoms with Crippen LogP contribution in [0.4, 0.5) is 0 Å². The summed E-state index contributed by atoms with van der Waals surface area (Å²) in [4.78, 5) is 24.6. The number of rotatable bonds is 5. The Morgan fingerprint density at radius 2 is 1.79 bits per heavy atom. The van der Waals surface area contributed by atoms with Crippen molar-refractivity contribution in [2.45, 2.75) is 70.1 Å². The molecule has 0 unspecified atom stereocenters. The molecular weight excluding hydrogens is 364 g/mol. The van der Waals surface area contributed by atoms with Crippen molar-refractivity contribution in [1.82, 2.24) is 19.7 Å². The van der Waals surface area contributed by atoms with Crippen molar-refractivity contribution in [1.29, 1.82) is 0 Å². The second-order valence-corrected chi connectivity index (χ2v) is 9.24. The van der Waals surface area contributed by atoms with E-state index in [1.54, 1.807) is 0 Å². The molecule has 0 N–H and O–H groups in total. The zero-order valence-electron chi connectivity index (χ0n) is 17.5. The van der Waals surface area contributed by atoms with Gasteiger partial charge >= 0.3 is 0 Å². The molecule has 0 spiro atoms. The maximum atomic E-state index is 12.9. The smallest absolute Gasteiger partial charge is 0.236 e. The van der Waals surface area contributed by atoms with Gasteiger partial charge in [0.2, 0.25) is 11.8 Å². The van der Waals surface area contributed by atoms with E-state index < -0.39 is 0 Å². The summed E-state index contributed by atoms with van der Waals surface area (Å²) in [6, 6.07) is 4.99. The summed E-state index contributed by atoms with van der Waals surface area (Å²) in [6.45, 7) is 6.06. The zero-order valence-corrected chi connectivity index (χ0v) is 17.5. The van der Waals surface area contributed by atoms with Crippen LogP contribution in [0.2, 0.25) is 0 Å². The van der Waals surface area contributed by atoms with Crippen molar-refractivity contribution < 1.29 is 9.53 Å². The molecule has 1 amide bonds. The van der Waals surface area contributed by atoms with E-state index in [4.69, 9.17) is 9.72 Å². The summed E-state index contributed by atoms with van der Waals surface area (Å²) in [5, 5.41) is 0. The summed E-state index contributed by atoms with van der Waals surface area (Å²) in [5.41, 5.74) is 2.40. The third-order valence-corrected chi connectivity index (χ3v) is 7.32. The predicted molar refractivity (Wildman–Crippen MR) is 112 cm³/mol. The maximum Gasteiger partial charge on any atom is 0.236 e. The fourth-order valence-corrected chi connectivity index (χ4v) is 5.20. The van der Waals surface area contributed by atoms with Gasteiger partial charge < -0.3 is 9.64 Å². The lowest BCUT2D eigenvalue weighted by atomic mass is 9.91. The molecule has 5 rings (SSSR count). The molecule has 6 nitrogen and oxygen atoms in total. The van der Waals surface area contributed by atoms with Crippen LogP contribution >= 0.6 is 0 Å². The van der Waals surface area contributed by atoms with Crippen LogP contribution in [0.3, 0.4) is 0 Å². The van der Waals surface area contributed by atoms with Crippen LogP contribution in [-0.4, -0.2) is 77.0 Å². The van der Waals surface area contributed by atoms with Gasteiger partial charge in [-0.2, -0.15) is 0 Å². The molecule has 158 valence electrons. The quantitative estimate of drug-likeness (QED) is 0.763. The number of hydrogen-bond acceptors (Lipinski definition) is 5. The molecule has 2 aliphatic carbocycles. The average Bonchev–Trinajstić information content (AvgIpc) is 3.20. The van der Waals surface area contributed by atoms with Gasteiger partial charge in [0.25, 0.3) is 0 Å². The number of aromatic nitrogens is 1. The topological polar surface area (TPSA) is 48.9 Å². The normalized spacial score (nSPS) is 24.3. The second kappa shape index (κ2) is 8.60. The summed E-state index contributed by atoms with van der Waals surface area (Å²) in [6.07, 6.45) is 10.2. The number of nitrogens with zero attached hydrogens (tertiary/aromatic N) is 4. The number of carbonyl (C=O) groups is 1. The minimum atomic E-state index is 0.278. The van der Waals surface area contributed by atoms with Gasteiger partial charge in [0.05, 0.1) is 12.2 Å². The van der Waals surface area contributed by atoms with Gasteiger partial charge in [-0.3, -0.25) is 14.6 Å². The van der Waals surface area contributed by atoms with E-state index in [-0.39, 0.29) is 5.91 Å². The summed E-state index contributed by atoms with van der Waals surface area (Å²) >= 11 is 0. The molecular formula is C23H34N4O2. The number of pyridine rings is 1. The number of ether oxygens (including phenoxy) is 1. The minimum Gasteiger partial charge on any atom is -0.474 e. The average molecular weight is 399 g/mol. The first-order valence-corrected chi connectivity index (χ1v) is 11.6. The third kappa shape index (κ3) is 4.43. The fourth-order valence-electron chi connectivity index (χ4n) is 5.20. The Bertz CT molecular complexity index is 722. The highest BCUT2D eigenvalue weighted by Crippen LogP contribution is 2.27. The summed E-state index contributed by atoms with van der Waals surface area (Å²) in [7, 11) is 0. The molecule has 1 aromatic rings. The molecule has 0 atom stereocenters. The van der Waals surface area contributed by atoms with Crippen molar-refractivity contribution in [2.75, 3.05) is 39.3 Å². The molecule has 3 heterocycles. The van der Waals surface area contributed by atoms with E-state index in [1.165, 1.54) is 37.7 Å². The highest BCUT2D eigenvalue weighted by atomic mass is 16.5. The van der Waals surface area contributed by atoms with Gasteiger partial charge in [0.15, 0.2) is 0 Å². The lowest BCUT2D eigenvalue weighted by Crippen LogP contribution is -2.55. The number of fused-ring (bicyclic) bond motifs is 1. The predicted octanol–water partition coefficient (Wildman–Crippen LogP) is 2.46. The lowest BCUT2D eigenvalue weighted by molar-refractivity contribution is -0.135. The number of amides is 1. The van der Waals surface area contributed by atoms with Crippen molar-refractivity contribution >= 4 is 5.91 Å². The van der Waals surface area contributed by atoms with E-state index in [0.29, 0.717) is 12.6 Å². The first kappa shape index (κ1) is 19.3. The molecule has 2 saturated carbocycles. The highest BCUT2D eigenvalue weighted by Gasteiger charge is 2.30. The zero-order chi connectivity index (χ0) is 19.6. The Hall–Kier alpha value is -1.66. The van der Waals surface area contributed by atoms with Gasteiger partial charge in [-0.1, -0.05) is 12.5 Å². The standard InChI is InChI=1S/C23H34N4O2/c28-23(27-14-12-26(13-15-27)19-4-3-5-19)17-25-11-10-18-8-9-22(24-21(18)16-25)29-20-6-1-2-7-20/h8-9,19-20H,1-7,10-17H2. The molecule has 0 radical (unpaired) electrons. The highest BCUT2D eigenvalue weighted by molar-refractivity contribution is 5.78. The van der Waals surface area contributed by atoms with Crippen molar-refractivity contribution in [2.24, 2.45) is 0 Å². The lowest BCUT2D eigenvalue weighted by Gasteiger charge is -2.43. The molecule has 4 aliphatic rings. The van der Waals surface area contributed by atoms with E-state index in [0.717, 1.165) is 76.1 Å². The van der Waals surface area contributed by atoms with Crippen LogP contribution in [-0.2, 0) is 17.8 Å². The van der Waals surface area contributed by atoms with Crippen molar-refractivity contribution in [3.63, 3.8) is 0 Å². The fraction of sp³-hybridized carbons (Fsp3) is 0.739. The Morgan fingerprint density at radius 3 is 2.52 bits per heavy atom. The number of carbonyl (C=O) groups excluding carboxylic acids is 1. The van der Waals surface area contributed by atoms with Crippen molar-refractivity contribution in [3.8, 4) is 5.88 Å². The van der Waals surface area contributed by atoms with Crippen LogP contribution in [0.15, 0.2) is 12.1 Å². The van der Waals surface area contributed by atoms with Crippen LogP contribution in [0.1, 0.15) is 56.2 Å². The number of piperazine rings is 1. The van der Waals surface area contributed by atoms with E-state index in [1.807, 2.05) is 6.07 Å². The molecule has 29 heavy (non-hydrogen) atoms. The summed E-state index contributed by atoms with van der Waals surface area (Å²) in [5.74, 6) is 1.04. The van der Waals surface area contributed by atoms with Crippen molar-refractivity contribution in [3.05, 3.63) is 23.4 Å². The van der Waals surface area contributed by atoms with Gasteiger partial charge in [-0.25, -0.2) is 4.98 Å². The second-order valence-electron chi connectivity index (χ2n) is 9.24. The van der Waals surface area contributed by atoms with Crippen LogP contribution < -0.4 is 4.74 Å². The summed E-state index contributed by atoms with van der Waals surface area (Å²) < 4.78 is 6.09. The van der Waals surface area contributed by atoms with Gasteiger partial charge in [0.1, 0.15) is 6.10 Å². The molecule has 1 saturated heterocycles. The van der Waals surface area contributed by atoms with Gasteiger partial charge in [-0.15, -0.1) is 0 Å². The van der Waals surface area contributed by atoms with E-state index in [9.17, 15) is 4.79 Å². The largest absolute Gasteiger partial charge is 0.474 e. The first-order valence-electron chi connectivity index (χ1n) is 11.6. The Balaban J connectivity index is 1.13. The molecule has 2 aliphatic heterocycles. The van der Waals surface area contributed by atoms with E-state index >= 15 is 0 Å². The van der Waals surface area contributed by atoms with E-state index in [2.05, 4.69) is 20.8 Å². The van der Waals surface area contributed by atoms with Gasteiger partial charge in [-0.05, 0) is 50.5 Å². The molecule has 0 aromatic carbocycles. The SMILES string of the molecule is O=C(CN1CCc2ccc(OC3CCCC3)nc2C1)N1CCN(C2CCC2)CC1. The monoisotopic (exact) mass is 398 g/mol. The Labute approximate surface area is 174 Å². The molecule has 0 bridgehead atoms. The first-order chi connectivity index (χ1) is 14.2. The molecule has 3 fully saturated rings. The maximum absolute atomic E-state index is 12.9. The Kier molecular flexibility index (Phi) is 5.73. The Morgan fingerprint density at radius 1 is 1.00 bits per heavy atom. The van der Waals surface area contributed by atoms with Crippen LogP contribution in [0.25, 0.3) is 0 Å².